The molecule has 4 rings (SSSR count). The number of rotatable bonds is 5. The second kappa shape index (κ2) is 7.07. The average Bonchev–Trinajstić information content (AvgIpc) is 3.33. The van der Waals surface area contributed by atoms with E-state index >= 15 is 0 Å². The lowest BCUT2D eigenvalue weighted by atomic mass is 9.98. The van der Waals surface area contributed by atoms with Gasteiger partial charge in [-0.15, -0.1) is 10.2 Å². The molecule has 2 aromatic heterocycles. The molecule has 0 amide bonds. The first-order valence-corrected chi connectivity index (χ1v) is 8.37. The lowest BCUT2D eigenvalue weighted by molar-refractivity contribution is 0.271. The Hall–Kier alpha value is -3.03. The van der Waals surface area contributed by atoms with E-state index in [9.17, 15) is 5.11 Å². The van der Waals surface area contributed by atoms with Gasteiger partial charge in [0.15, 0.2) is 0 Å². The Kier molecular flexibility index (Phi) is 4.47. The molecule has 0 aliphatic rings. The van der Waals surface area contributed by atoms with Gasteiger partial charge in [0.2, 0.25) is 11.1 Å². The Morgan fingerprint density at radius 3 is 2.50 bits per heavy atom. The first-order chi connectivity index (χ1) is 12.8. The first-order valence-electron chi connectivity index (χ1n) is 7.99. The van der Waals surface area contributed by atoms with Crippen molar-refractivity contribution >= 4 is 11.6 Å². The van der Waals surface area contributed by atoms with E-state index in [2.05, 4.69) is 25.6 Å². The summed E-state index contributed by atoms with van der Waals surface area (Å²) in [6.45, 7) is 0.442. The van der Waals surface area contributed by atoms with Gasteiger partial charge in [-0.25, -0.2) is 4.98 Å². The number of hydrogen-bond donors (Lipinski definition) is 2. The quantitative estimate of drug-likeness (QED) is 0.566. The smallest absolute Gasteiger partial charge is 0.205 e. The maximum absolute atomic E-state index is 9.38. The summed E-state index contributed by atoms with van der Waals surface area (Å²) in [5, 5.41) is 24.0. The first kappa shape index (κ1) is 16.4. The van der Waals surface area contributed by atoms with E-state index in [-0.39, 0.29) is 6.61 Å². The fourth-order valence-electron chi connectivity index (χ4n) is 2.86. The fourth-order valence-corrected chi connectivity index (χ4v) is 3.07. The van der Waals surface area contributed by atoms with Crippen molar-refractivity contribution in [2.75, 3.05) is 0 Å². The molecular formula is C18H15ClN6O. The van der Waals surface area contributed by atoms with Crippen molar-refractivity contribution in [3.8, 4) is 22.5 Å². The van der Waals surface area contributed by atoms with E-state index in [4.69, 9.17) is 11.6 Å². The molecule has 0 aliphatic heterocycles. The van der Waals surface area contributed by atoms with Crippen molar-refractivity contribution < 1.29 is 5.11 Å². The molecule has 0 saturated carbocycles. The van der Waals surface area contributed by atoms with Crippen LogP contribution in [-0.4, -0.2) is 35.3 Å². The van der Waals surface area contributed by atoms with E-state index < -0.39 is 0 Å². The van der Waals surface area contributed by atoms with Gasteiger partial charge in [0.25, 0.3) is 0 Å². The highest BCUT2D eigenvalue weighted by Gasteiger charge is 2.11. The van der Waals surface area contributed by atoms with Gasteiger partial charge in [0.1, 0.15) is 0 Å². The number of aliphatic hydroxyl groups excluding tert-OH is 1. The fraction of sp³-hybridized carbons (Fsp3) is 0.111. The van der Waals surface area contributed by atoms with Gasteiger partial charge in [-0.05, 0) is 33.5 Å². The Morgan fingerprint density at radius 1 is 1.04 bits per heavy atom. The lowest BCUT2D eigenvalue weighted by Crippen LogP contribution is -2.04. The Morgan fingerprint density at radius 2 is 1.81 bits per heavy atom. The van der Waals surface area contributed by atoms with Crippen LogP contribution in [0, 0.1) is 0 Å². The molecule has 0 atom stereocenters. The van der Waals surface area contributed by atoms with Gasteiger partial charge in [-0.3, -0.25) is 0 Å². The van der Waals surface area contributed by atoms with Crippen molar-refractivity contribution in [2.45, 2.75) is 13.2 Å². The summed E-state index contributed by atoms with van der Waals surface area (Å²) in [4.78, 5) is 4.03. The van der Waals surface area contributed by atoms with E-state index in [1.807, 2.05) is 48.5 Å². The second-order valence-corrected chi connectivity index (χ2v) is 6.08. The molecule has 0 fully saturated rings. The number of aromatic nitrogens is 6. The SMILES string of the molecule is OCc1cnc(Cl)n1Cc1ccc(-c2ccccc2-c2nn[nH]n2)cc1. The van der Waals surface area contributed by atoms with Gasteiger partial charge < -0.3 is 9.67 Å². The highest BCUT2D eigenvalue weighted by molar-refractivity contribution is 6.28. The van der Waals surface area contributed by atoms with E-state index in [0.717, 1.165) is 22.3 Å². The zero-order valence-electron chi connectivity index (χ0n) is 13.7. The molecule has 130 valence electrons. The summed E-state index contributed by atoms with van der Waals surface area (Å²) in [5.41, 5.74) is 4.72. The topological polar surface area (TPSA) is 92.5 Å². The summed E-state index contributed by atoms with van der Waals surface area (Å²) in [6.07, 6.45) is 1.58. The van der Waals surface area contributed by atoms with E-state index in [0.29, 0.717) is 23.3 Å². The van der Waals surface area contributed by atoms with Crippen LogP contribution in [0.2, 0.25) is 5.28 Å². The minimum absolute atomic E-state index is 0.101. The van der Waals surface area contributed by atoms with Gasteiger partial charge in [-0.2, -0.15) is 5.21 Å². The number of H-pyrrole nitrogens is 1. The summed E-state index contributed by atoms with van der Waals surface area (Å²) in [5.74, 6) is 0.558. The van der Waals surface area contributed by atoms with Gasteiger partial charge in [0.05, 0.1) is 25.0 Å². The number of nitrogens with one attached hydrogen (secondary N) is 1. The van der Waals surface area contributed by atoms with Gasteiger partial charge in [0, 0.05) is 5.56 Å². The second-order valence-electron chi connectivity index (χ2n) is 5.74. The molecule has 7 nitrogen and oxygen atoms in total. The normalized spacial score (nSPS) is 11.0. The third kappa shape index (κ3) is 3.10. The Bertz CT molecular complexity index is 1010. The summed E-state index contributed by atoms with van der Waals surface area (Å²) in [7, 11) is 0. The van der Waals surface area contributed by atoms with Crippen LogP contribution in [0.5, 0.6) is 0 Å². The molecule has 4 aromatic rings. The summed E-state index contributed by atoms with van der Waals surface area (Å²) in [6, 6.07) is 16.0. The van der Waals surface area contributed by atoms with E-state index in [1.54, 1.807) is 10.8 Å². The molecule has 8 heteroatoms. The number of aliphatic hydroxyl groups is 1. The minimum Gasteiger partial charge on any atom is -0.390 e. The number of hydrogen-bond acceptors (Lipinski definition) is 5. The summed E-state index contributed by atoms with van der Waals surface area (Å²) < 4.78 is 1.78. The van der Waals surface area contributed by atoms with Crippen molar-refractivity contribution in [3.63, 3.8) is 0 Å². The maximum atomic E-state index is 9.38. The average molecular weight is 367 g/mol. The molecule has 0 aliphatic carbocycles. The Labute approximate surface area is 154 Å². The third-order valence-corrected chi connectivity index (χ3v) is 4.47. The highest BCUT2D eigenvalue weighted by atomic mass is 35.5. The predicted octanol–water partition coefficient (Wildman–Crippen LogP) is 2.92. The minimum atomic E-state index is -0.101. The molecular weight excluding hydrogens is 352 g/mol. The number of benzene rings is 2. The van der Waals surface area contributed by atoms with Gasteiger partial charge >= 0.3 is 0 Å². The summed E-state index contributed by atoms with van der Waals surface area (Å²) >= 11 is 6.10. The molecule has 2 N–H and O–H groups in total. The van der Waals surface area contributed by atoms with Gasteiger partial charge in [-0.1, -0.05) is 48.5 Å². The number of imidazole rings is 1. The number of aromatic amines is 1. The predicted molar refractivity (Wildman–Crippen MR) is 97.3 cm³/mol. The van der Waals surface area contributed by atoms with Crippen LogP contribution < -0.4 is 0 Å². The molecule has 0 radical (unpaired) electrons. The van der Waals surface area contributed by atoms with Crippen molar-refractivity contribution in [3.05, 3.63) is 71.3 Å². The molecule has 0 bridgehead atoms. The Balaban J connectivity index is 1.64. The molecule has 0 unspecified atom stereocenters. The van der Waals surface area contributed by atoms with Crippen molar-refractivity contribution in [1.29, 1.82) is 0 Å². The third-order valence-electron chi connectivity index (χ3n) is 4.17. The highest BCUT2D eigenvalue weighted by Crippen LogP contribution is 2.30. The van der Waals surface area contributed by atoms with Crippen LogP contribution >= 0.6 is 11.6 Å². The zero-order chi connectivity index (χ0) is 17.9. The number of tetrazole rings is 1. The van der Waals surface area contributed by atoms with Crippen LogP contribution in [0.1, 0.15) is 11.3 Å². The zero-order valence-corrected chi connectivity index (χ0v) is 14.4. The van der Waals surface area contributed by atoms with Crippen molar-refractivity contribution in [2.24, 2.45) is 0 Å². The monoisotopic (exact) mass is 366 g/mol. The van der Waals surface area contributed by atoms with Crippen LogP contribution in [0.3, 0.4) is 0 Å². The van der Waals surface area contributed by atoms with Crippen LogP contribution in [0.25, 0.3) is 22.5 Å². The number of nitrogens with zero attached hydrogens (tertiary/aromatic N) is 5. The molecule has 0 saturated heterocycles. The molecule has 0 spiro atoms. The largest absolute Gasteiger partial charge is 0.390 e. The maximum Gasteiger partial charge on any atom is 0.205 e. The molecule has 2 aromatic carbocycles. The molecule has 26 heavy (non-hydrogen) atoms. The van der Waals surface area contributed by atoms with Crippen molar-refractivity contribution in [1.82, 2.24) is 30.2 Å². The molecule has 2 heterocycles. The standard InChI is InChI=1S/C18H15ClN6O/c19-18-20-9-14(11-26)25(18)10-12-5-7-13(8-6-12)15-3-1-2-4-16(15)17-21-23-24-22-17/h1-9,26H,10-11H2,(H,21,22,23,24). The van der Waals surface area contributed by atoms with Crippen LogP contribution in [0.4, 0.5) is 0 Å². The van der Waals surface area contributed by atoms with E-state index in [1.165, 1.54) is 0 Å². The van der Waals surface area contributed by atoms with Crippen LogP contribution in [0.15, 0.2) is 54.7 Å². The van der Waals surface area contributed by atoms with Crippen LogP contribution in [-0.2, 0) is 13.2 Å². The number of halogens is 1. The lowest BCUT2D eigenvalue weighted by Gasteiger charge is -2.10.